The minimum atomic E-state index is -4.50. The first-order valence-corrected chi connectivity index (χ1v) is 15.6. The molecule has 0 N–H and O–H groups in total. The van der Waals surface area contributed by atoms with Gasteiger partial charge in [-0.15, -0.1) is 0 Å². The Balaban J connectivity index is 0.000000235. The molecule has 0 saturated heterocycles. The molecule has 12 heteroatoms. The quantitative estimate of drug-likeness (QED) is 0.240. The second-order valence-corrected chi connectivity index (χ2v) is 12.1. The minimum Gasteiger partial charge on any atom is -0.744 e. The second kappa shape index (κ2) is 14.4. The summed E-state index contributed by atoms with van der Waals surface area (Å²) in [5, 5.41) is 0. The topological polar surface area (TPSA) is 132 Å². The van der Waals surface area contributed by atoms with E-state index in [9.17, 15) is 25.9 Å². The highest BCUT2D eigenvalue weighted by Crippen LogP contribution is 2.22. The van der Waals surface area contributed by atoms with Crippen LogP contribution >= 0.6 is 0 Å². The fourth-order valence-corrected chi connectivity index (χ4v) is 4.96. The molecule has 2 heterocycles. The molecule has 218 valence electrons. The van der Waals surface area contributed by atoms with Crippen molar-refractivity contribution in [1.82, 2.24) is 9.13 Å². The summed E-state index contributed by atoms with van der Waals surface area (Å²) in [7, 11) is -0.644. The summed E-state index contributed by atoms with van der Waals surface area (Å²) in [5.41, 5.74) is 1.18. The zero-order valence-corrected chi connectivity index (χ0v) is 25.4. The van der Waals surface area contributed by atoms with Gasteiger partial charge in [0, 0.05) is 12.8 Å². The van der Waals surface area contributed by atoms with Crippen molar-refractivity contribution in [2.75, 3.05) is 0 Å². The molecule has 0 atom stereocenters. The minimum absolute atomic E-state index is 0.347. The molecule has 40 heavy (non-hydrogen) atoms. The molecule has 0 fully saturated rings. The van der Waals surface area contributed by atoms with Crippen molar-refractivity contribution >= 4 is 20.2 Å². The third-order valence-corrected chi connectivity index (χ3v) is 7.92. The molecule has 0 aliphatic rings. The number of aryl methyl sites for hydroxylation is 4. The maximum absolute atomic E-state index is 10.8. The van der Waals surface area contributed by atoms with Gasteiger partial charge in [0.05, 0.1) is 38.0 Å². The van der Waals surface area contributed by atoms with Crippen LogP contribution in [0.3, 0.4) is 0 Å². The van der Waals surface area contributed by atoms with Gasteiger partial charge in [0.1, 0.15) is 45.0 Å². The van der Waals surface area contributed by atoms with Crippen molar-refractivity contribution in [2.24, 2.45) is 28.2 Å². The van der Waals surface area contributed by atoms with Gasteiger partial charge in [-0.05, 0) is 48.2 Å². The number of hydrogen-bond acceptors (Lipinski definition) is 6. The molecule has 0 saturated carbocycles. The Morgan fingerprint density at radius 2 is 0.925 bits per heavy atom. The summed E-state index contributed by atoms with van der Waals surface area (Å²) in [6, 6.07) is 10.3. The molecule has 0 bridgehead atoms. The highest BCUT2D eigenvalue weighted by Gasteiger charge is 2.09. The lowest BCUT2D eigenvalue weighted by atomic mass is 10.1. The largest absolute Gasteiger partial charge is 0.744 e. The molecule has 2 aromatic carbocycles. The van der Waals surface area contributed by atoms with Crippen LogP contribution in [0.4, 0.5) is 0 Å². The van der Waals surface area contributed by atoms with Crippen LogP contribution in [0, 0.1) is 0 Å². The Morgan fingerprint density at radius 3 is 1.12 bits per heavy atom. The molecule has 0 radical (unpaired) electrons. The normalized spacial score (nSPS) is 11.3. The van der Waals surface area contributed by atoms with Crippen LogP contribution in [0.2, 0.25) is 0 Å². The molecule has 4 rings (SSSR count). The summed E-state index contributed by atoms with van der Waals surface area (Å²) in [4.78, 5) is -0.694. The van der Waals surface area contributed by atoms with Crippen molar-refractivity contribution in [3.8, 4) is 11.1 Å². The highest BCUT2D eigenvalue weighted by atomic mass is 32.2. The molecule has 0 amide bonds. The maximum Gasteiger partial charge on any atom is 0.255 e. The van der Waals surface area contributed by atoms with Crippen LogP contribution in [0.5, 0.6) is 0 Å². The smallest absolute Gasteiger partial charge is 0.255 e. The van der Waals surface area contributed by atoms with Gasteiger partial charge in [0.2, 0.25) is 0 Å². The number of aromatic nitrogens is 4. The third-order valence-electron chi connectivity index (χ3n) is 6.22. The standard InChI is InChI=1S/C12H10O6S2.2C8H15N2/c13-19(14,15)11-5-1-9(2-6-11)10-3-7-12(8-4-10)20(16,17)18;2*1-4-5-8-9(2)6-7-10(8)3/h1-8H,(H,13,14,15)(H,16,17,18);2*6-7H,4-5H2,1-3H3/q;2*+1/p-2. The fraction of sp³-hybridized carbons (Fsp3) is 0.357. The molecule has 0 aliphatic carbocycles. The van der Waals surface area contributed by atoms with Crippen molar-refractivity contribution in [1.29, 1.82) is 0 Å². The van der Waals surface area contributed by atoms with Crippen LogP contribution in [0.1, 0.15) is 38.3 Å². The number of benzene rings is 2. The third kappa shape index (κ3) is 9.40. The van der Waals surface area contributed by atoms with E-state index in [2.05, 4.69) is 85.1 Å². The summed E-state index contributed by atoms with van der Waals surface area (Å²) < 4.78 is 73.4. The van der Waals surface area contributed by atoms with E-state index in [0.717, 1.165) is 24.3 Å². The Bertz CT molecular complexity index is 1430. The van der Waals surface area contributed by atoms with E-state index in [1.807, 2.05) is 0 Å². The highest BCUT2D eigenvalue weighted by molar-refractivity contribution is 7.86. The predicted octanol–water partition coefficient (Wildman–Crippen LogP) is 2.77. The van der Waals surface area contributed by atoms with Crippen LogP contribution in [-0.4, -0.2) is 35.1 Å². The van der Waals surface area contributed by atoms with E-state index in [1.54, 1.807) is 0 Å². The summed E-state index contributed by atoms with van der Waals surface area (Å²) in [6.07, 6.45) is 13.1. The van der Waals surface area contributed by atoms with Crippen molar-refractivity contribution in [2.45, 2.75) is 49.3 Å². The summed E-state index contributed by atoms with van der Waals surface area (Å²) in [6.45, 7) is 4.40. The molecule has 0 unspecified atom stereocenters. The van der Waals surface area contributed by atoms with E-state index in [4.69, 9.17) is 0 Å². The summed E-state index contributed by atoms with van der Waals surface area (Å²) >= 11 is 0. The van der Waals surface area contributed by atoms with Crippen LogP contribution in [0.25, 0.3) is 11.1 Å². The van der Waals surface area contributed by atoms with E-state index >= 15 is 0 Å². The van der Waals surface area contributed by atoms with Crippen molar-refractivity contribution < 1.29 is 35.1 Å². The first-order chi connectivity index (χ1) is 18.7. The van der Waals surface area contributed by atoms with E-state index in [-0.39, 0.29) is 9.79 Å². The van der Waals surface area contributed by atoms with Crippen LogP contribution in [0.15, 0.2) is 83.1 Å². The molecule has 10 nitrogen and oxygen atoms in total. The zero-order valence-electron chi connectivity index (χ0n) is 23.8. The van der Waals surface area contributed by atoms with Gasteiger partial charge >= 0.3 is 0 Å². The average molecular weight is 591 g/mol. The molecule has 0 aliphatic heterocycles. The van der Waals surface area contributed by atoms with Gasteiger partial charge in [-0.3, -0.25) is 0 Å². The van der Waals surface area contributed by atoms with Crippen molar-refractivity contribution in [3.05, 3.63) is 85.0 Å². The van der Waals surface area contributed by atoms with Gasteiger partial charge in [-0.2, -0.15) is 0 Å². The predicted molar refractivity (Wildman–Crippen MR) is 149 cm³/mol. The van der Waals surface area contributed by atoms with Gasteiger partial charge < -0.3 is 9.11 Å². The SMILES string of the molecule is CCCc1n(C)cc[n+]1C.CCCc1n(C)cc[n+]1C.O=S(=O)([O-])c1ccc(-c2ccc(S(=O)(=O)[O-])cc2)cc1. The lowest BCUT2D eigenvalue weighted by molar-refractivity contribution is -0.678. The Kier molecular flexibility index (Phi) is 11.8. The Hall–Kier alpha value is -3.32. The Labute approximate surface area is 237 Å². The molecule has 4 aromatic rings. The second-order valence-electron chi connectivity index (χ2n) is 9.33. The lowest BCUT2D eigenvalue weighted by Crippen LogP contribution is -2.31. The van der Waals surface area contributed by atoms with Gasteiger partial charge in [0.25, 0.3) is 11.6 Å². The number of hydrogen-bond donors (Lipinski definition) is 0. The Morgan fingerprint density at radius 1 is 0.625 bits per heavy atom. The maximum atomic E-state index is 10.8. The monoisotopic (exact) mass is 590 g/mol. The van der Waals surface area contributed by atoms with Crippen LogP contribution in [-0.2, 0) is 61.3 Å². The first kappa shape index (κ1) is 32.9. The van der Waals surface area contributed by atoms with Crippen LogP contribution < -0.4 is 9.13 Å². The van der Waals surface area contributed by atoms with Gasteiger partial charge in [0.15, 0.2) is 0 Å². The number of rotatable bonds is 7. The average Bonchev–Trinajstić information content (AvgIpc) is 3.39. The fourth-order valence-electron chi connectivity index (χ4n) is 4.02. The molecular weight excluding hydrogens is 552 g/mol. The number of imidazole rings is 2. The van der Waals surface area contributed by atoms with Crippen molar-refractivity contribution in [3.63, 3.8) is 0 Å². The van der Waals surface area contributed by atoms with E-state index in [1.165, 1.54) is 61.6 Å². The number of nitrogens with zero attached hydrogens (tertiary/aromatic N) is 4. The first-order valence-electron chi connectivity index (χ1n) is 12.8. The molecule has 0 spiro atoms. The zero-order chi connectivity index (χ0) is 30.1. The molecular formula is C28H38N4O6S2. The van der Waals surface area contributed by atoms with Gasteiger partial charge in [-0.1, -0.05) is 38.1 Å². The molecule has 2 aromatic heterocycles. The summed E-state index contributed by atoms with van der Waals surface area (Å²) in [5.74, 6) is 2.78. The lowest BCUT2D eigenvalue weighted by Gasteiger charge is -2.09. The van der Waals surface area contributed by atoms with Gasteiger partial charge in [-0.25, -0.2) is 35.1 Å². The van der Waals surface area contributed by atoms with E-state index in [0.29, 0.717) is 11.1 Å². The van der Waals surface area contributed by atoms with E-state index < -0.39 is 20.2 Å².